The molecule has 3 aromatic carbocycles. The first-order valence-corrected chi connectivity index (χ1v) is 12.2. The molecule has 5 rings (SSSR count). The molecule has 8 heteroatoms. The smallest absolute Gasteiger partial charge is 0.303 e. The number of anilines is 1. The first-order valence-electron chi connectivity index (χ1n) is 12.2. The number of carboxylic acids is 1. The summed E-state index contributed by atoms with van der Waals surface area (Å²) in [5.41, 5.74) is 10.2. The number of morpholine rings is 1. The number of carbonyl (C=O) groups excluding carboxylic acids is 2. The Morgan fingerprint density at radius 3 is 2.42 bits per heavy atom. The van der Waals surface area contributed by atoms with Gasteiger partial charge in [0.15, 0.2) is 0 Å². The summed E-state index contributed by atoms with van der Waals surface area (Å²) in [5.74, 6) is -2.08. The highest BCUT2D eigenvalue weighted by Crippen LogP contribution is 2.41. The molecule has 0 bridgehead atoms. The summed E-state index contributed by atoms with van der Waals surface area (Å²) in [6.45, 7) is 4.37. The summed E-state index contributed by atoms with van der Waals surface area (Å²) < 4.78 is 5.43. The Kier molecular flexibility index (Phi) is 6.71. The van der Waals surface area contributed by atoms with Crippen LogP contribution in [0.4, 0.5) is 5.69 Å². The van der Waals surface area contributed by atoms with Crippen molar-refractivity contribution in [2.75, 3.05) is 31.2 Å². The number of carbonyl (C=O) groups is 3. The highest BCUT2D eigenvalue weighted by molar-refractivity contribution is 6.27. The molecule has 0 radical (unpaired) electrons. The summed E-state index contributed by atoms with van der Waals surface area (Å²) >= 11 is 0. The van der Waals surface area contributed by atoms with Gasteiger partial charge in [0.1, 0.15) is 6.04 Å². The largest absolute Gasteiger partial charge is 0.481 e. The van der Waals surface area contributed by atoms with Crippen molar-refractivity contribution in [3.63, 3.8) is 0 Å². The van der Waals surface area contributed by atoms with Crippen LogP contribution in [0.1, 0.15) is 39.9 Å². The lowest BCUT2D eigenvalue weighted by molar-refractivity contribution is -0.137. The van der Waals surface area contributed by atoms with Crippen LogP contribution in [0.5, 0.6) is 0 Å². The van der Waals surface area contributed by atoms with Crippen LogP contribution in [-0.2, 0) is 27.3 Å². The average Bonchev–Trinajstić information content (AvgIpc) is 3.15. The van der Waals surface area contributed by atoms with Crippen molar-refractivity contribution < 1.29 is 24.2 Å². The van der Waals surface area contributed by atoms with Gasteiger partial charge in [-0.15, -0.1) is 0 Å². The molecule has 2 amide bonds. The minimum Gasteiger partial charge on any atom is -0.481 e. The monoisotopic (exact) mass is 487 g/mol. The number of ether oxygens (including phenoxy) is 1. The van der Waals surface area contributed by atoms with E-state index < -0.39 is 17.9 Å². The molecule has 3 aromatic rings. The summed E-state index contributed by atoms with van der Waals surface area (Å²) in [6.07, 6.45) is 0.408. The summed E-state index contributed by atoms with van der Waals surface area (Å²) in [4.78, 5) is 40.4. The lowest BCUT2D eigenvalue weighted by Gasteiger charge is -2.26. The quantitative estimate of drug-likeness (QED) is 0.480. The van der Waals surface area contributed by atoms with Gasteiger partial charge in [-0.3, -0.25) is 24.2 Å². The zero-order chi connectivity index (χ0) is 25.2. The Balaban J connectivity index is 1.41. The standard InChI is InChI=1S/C28H29N3O5/c29-27(34)24(10-11-25(32)33)31-23-9-8-20(21-2-1-3-22(26(21)23)28(31)35)16-18-4-6-19(7-5-18)17-30-12-14-36-15-13-30/h1-9,24H,10-17H2,(H2,29,34)(H,32,33)/t24-/m0/s1. The third-order valence-corrected chi connectivity index (χ3v) is 7.02. The SMILES string of the molecule is NC(=O)[C@H](CCC(=O)O)N1C(=O)c2cccc3c(Cc4ccc(CN5CCOCC5)cc4)ccc1c23. The minimum atomic E-state index is -1.04. The third-order valence-electron chi connectivity index (χ3n) is 7.02. The second-order valence-electron chi connectivity index (χ2n) is 9.38. The molecule has 0 aliphatic carbocycles. The van der Waals surface area contributed by atoms with Gasteiger partial charge in [0, 0.05) is 37.0 Å². The molecule has 186 valence electrons. The van der Waals surface area contributed by atoms with Crippen molar-refractivity contribution in [3.05, 3.63) is 76.9 Å². The number of aliphatic carboxylic acids is 1. The fourth-order valence-electron chi connectivity index (χ4n) is 5.19. The van der Waals surface area contributed by atoms with Gasteiger partial charge < -0.3 is 15.6 Å². The van der Waals surface area contributed by atoms with Crippen LogP contribution in [0.25, 0.3) is 10.8 Å². The van der Waals surface area contributed by atoms with Crippen LogP contribution in [0.3, 0.4) is 0 Å². The van der Waals surface area contributed by atoms with E-state index >= 15 is 0 Å². The van der Waals surface area contributed by atoms with Crippen molar-refractivity contribution in [1.29, 1.82) is 0 Å². The number of amides is 2. The molecule has 0 aromatic heterocycles. The topological polar surface area (TPSA) is 113 Å². The molecule has 1 fully saturated rings. The Bertz CT molecular complexity index is 1310. The van der Waals surface area contributed by atoms with E-state index in [1.54, 1.807) is 6.07 Å². The molecule has 0 saturated carbocycles. The lowest BCUT2D eigenvalue weighted by Crippen LogP contribution is -2.46. The van der Waals surface area contributed by atoms with Crippen molar-refractivity contribution in [2.45, 2.75) is 31.8 Å². The maximum atomic E-state index is 13.3. The number of carboxylic acid groups (broad SMARTS) is 1. The first-order chi connectivity index (χ1) is 17.4. The molecule has 1 saturated heterocycles. The third kappa shape index (κ3) is 4.69. The molecule has 8 nitrogen and oxygen atoms in total. The Labute approximate surface area is 209 Å². The number of rotatable bonds is 9. The number of hydrogen-bond acceptors (Lipinski definition) is 5. The Hall–Kier alpha value is -3.75. The highest BCUT2D eigenvalue weighted by atomic mass is 16.5. The zero-order valence-electron chi connectivity index (χ0n) is 20.0. The van der Waals surface area contributed by atoms with Crippen LogP contribution < -0.4 is 10.6 Å². The van der Waals surface area contributed by atoms with Gasteiger partial charge in [-0.25, -0.2) is 0 Å². The molecule has 36 heavy (non-hydrogen) atoms. The molecule has 0 spiro atoms. The van der Waals surface area contributed by atoms with Gasteiger partial charge in [-0.2, -0.15) is 0 Å². The van der Waals surface area contributed by atoms with E-state index in [1.807, 2.05) is 24.3 Å². The normalized spacial score (nSPS) is 16.4. The highest BCUT2D eigenvalue weighted by Gasteiger charge is 2.37. The average molecular weight is 488 g/mol. The molecule has 2 heterocycles. The number of primary amides is 1. The van der Waals surface area contributed by atoms with E-state index in [9.17, 15) is 14.4 Å². The van der Waals surface area contributed by atoms with Crippen molar-refractivity contribution >= 4 is 34.2 Å². The predicted octanol–water partition coefficient (Wildman–Crippen LogP) is 2.94. The van der Waals surface area contributed by atoms with E-state index in [0.29, 0.717) is 17.7 Å². The summed E-state index contributed by atoms with van der Waals surface area (Å²) in [6, 6.07) is 17.0. The van der Waals surface area contributed by atoms with E-state index in [0.717, 1.165) is 49.2 Å². The second-order valence-corrected chi connectivity index (χ2v) is 9.38. The van der Waals surface area contributed by atoms with Gasteiger partial charge in [0.2, 0.25) is 5.91 Å². The lowest BCUT2D eigenvalue weighted by atomic mass is 9.95. The van der Waals surface area contributed by atoms with Crippen LogP contribution in [-0.4, -0.2) is 60.1 Å². The predicted molar refractivity (Wildman–Crippen MR) is 136 cm³/mol. The van der Waals surface area contributed by atoms with Gasteiger partial charge in [0.25, 0.3) is 5.91 Å². The molecular weight excluding hydrogens is 458 g/mol. The summed E-state index contributed by atoms with van der Waals surface area (Å²) in [5, 5.41) is 10.8. The van der Waals surface area contributed by atoms with Crippen LogP contribution >= 0.6 is 0 Å². The number of nitrogens with two attached hydrogens (primary N) is 1. The summed E-state index contributed by atoms with van der Waals surface area (Å²) in [7, 11) is 0. The molecule has 0 unspecified atom stereocenters. The fraction of sp³-hybridized carbons (Fsp3) is 0.321. The van der Waals surface area contributed by atoms with Gasteiger partial charge >= 0.3 is 5.97 Å². The van der Waals surface area contributed by atoms with Crippen LogP contribution in [0.2, 0.25) is 0 Å². The van der Waals surface area contributed by atoms with E-state index in [2.05, 4.69) is 29.2 Å². The molecule has 2 aliphatic rings. The Morgan fingerprint density at radius 2 is 1.72 bits per heavy atom. The van der Waals surface area contributed by atoms with E-state index in [-0.39, 0.29) is 18.7 Å². The fourth-order valence-corrected chi connectivity index (χ4v) is 5.19. The van der Waals surface area contributed by atoms with Crippen molar-refractivity contribution in [3.8, 4) is 0 Å². The second kappa shape index (κ2) is 10.1. The van der Waals surface area contributed by atoms with E-state index in [4.69, 9.17) is 15.6 Å². The van der Waals surface area contributed by atoms with Gasteiger partial charge in [0.05, 0.1) is 18.9 Å². The number of benzene rings is 3. The molecular formula is C28H29N3O5. The van der Waals surface area contributed by atoms with Crippen molar-refractivity contribution in [1.82, 2.24) is 4.90 Å². The van der Waals surface area contributed by atoms with Crippen molar-refractivity contribution in [2.24, 2.45) is 5.73 Å². The molecule has 3 N–H and O–H groups in total. The maximum Gasteiger partial charge on any atom is 0.303 e. The number of nitrogens with zero attached hydrogens (tertiary/aromatic N) is 2. The molecule has 1 atom stereocenters. The Morgan fingerprint density at radius 1 is 1.00 bits per heavy atom. The maximum absolute atomic E-state index is 13.3. The molecule has 2 aliphatic heterocycles. The first kappa shape index (κ1) is 24.0. The van der Waals surface area contributed by atoms with Crippen LogP contribution in [0, 0.1) is 0 Å². The van der Waals surface area contributed by atoms with Gasteiger partial charge in [-0.05, 0) is 47.1 Å². The van der Waals surface area contributed by atoms with E-state index in [1.165, 1.54) is 16.0 Å². The number of hydrogen-bond donors (Lipinski definition) is 2. The zero-order valence-corrected chi connectivity index (χ0v) is 20.0. The minimum absolute atomic E-state index is 0.0373. The van der Waals surface area contributed by atoms with Crippen LogP contribution in [0.15, 0.2) is 54.6 Å². The van der Waals surface area contributed by atoms with Gasteiger partial charge in [-0.1, -0.05) is 42.5 Å².